The molecule has 7 heteroatoms. The second-order valence-corrected chi connectivity index (χ2v) is 11.2. The maximum Gasteiger partial charge on any atom is 0.178 e. The third-order valence-corrected chi connectivity index (χ3v) is 9.83. The first-order chi connectivity index (χ1) is 14.7. The molecule has 166 valence electrons. The van der Waals surface area contributed by atoms with E-state index in [1.165, 1.54) is 11.8 Å². The minimum Gasteiger partial charge on any atom is -0.393 e. The summed E-state index contributed by atoms with van der Waals surface area (Å²) in [5.41, 5.74) is -1.31. The van der Waals surface area contributed by atoms with Crippen LogP contribution in [0.4, 0.5) is 0 Å². The number of ketones is 2. The van der Waals surface area contributed by atoms with Crippen molar-refractivity contribution in [3.05, 3.63) is 36.2 Å². The number of hydrogen-bond donors (Lipinski definition) is 3. The van der Waals surface area contributed by atoms with Gasteiger partial charge in [-0.1, -0.05) is 37.3 Å². The van der Waals surface area contributed by atoms with E-state index in [2.05, 4.69) is 16.9 Å². The molecule has 7 atom stereocenters. The molecule has 0 radical (unpaired) electrons. The first kappa shape index (κ1) is 21.2. The van der Waals surface area contributed by atoms with Gasteiger partial charge in [-0.05, 0) is 56.1 Å². The molecule has 0 aromatic carbocycles. The van der Waals surface area contributed by atoms with Crippen molar-refractivity contribution < 1.29 is 19.8 Å². The van der Waals surface area contributed by atoms with Crippen LogP contribution in [-0.4, -0.2) is 49.2 Å². The molecule has 6 nitrogen and oxygen atoms in total. The topological polar surface area (TPSA) is 103 Å². The zero-order valence-electron chi connectivity index (χ0n) is 18.0. The second-order valence-electron chi connectivity index (χ2n) is 10.2. The van der Waals surface area contributed by atoms with E-state index in [0.29, 0.717) is 18.0 Å². The van der Waals surface area contributed by atoms with Crippen LogP contribution in [0.3, 0.4) is 0 Å². The molecular formula is C24H30N2O4S. The van der Waals surface area contributed by atoms with E-state index in [0.717, 1.165) is 24.8 Å². The molecule has 0 saturated heterocycles. The predicted molar refractivity (Wildman–Crippen MR) is 117 cm³/mol. The summed E-state index contributed by atoms with van der Waals surface area (Å²) in [4.78, 5) is 32.3. The number of thioether (sulfide) groups is 1. The Morgan fingerprint density at radius 3 is 2.90 bits per heavy atom. The minimum absolute atomic E-state index is 0.00451. The number of hydrogen-bond acceptors (Lipinski definition) is 6. The highest BCUT2D eigenvalue weighted by molar-refractivity contribution is 7.99. The smallest absolute Gasteiger partial charge is 0.178 e. The number of H-pyrrole nitrogens is 1. The van der Waals surface area contributed by atoms with Gasteiger partial charge in [0.25, 0.3) is 0 Å². The number of rotatable bonds is 4. The maximum atomic E-state index is 13.3. The number of aromatic nitrogens is 2. The monoisotopic (exact) mass is 442 g/mol. The predicted octanol–water partition coefficient (Wildman–Crippen LogP) is 3.08. The Kier molecular flexibility index (Phi) is 4.88. The molecule has 1 heterocycles. The van der Waals surface area contributed by atoms with Crippen molar-refractivity contribution in [2.75, 3.05) is 5.75 Å². The Morgan fingerprint density at radius 1 is 1.35 bits per heavy atom. The SMILES string of the molecule is CC12C=CC(=O)C=C1CCC1C2C(O)CC2(C)C1CC[C@]2(O)C(=O)CSc1ncc[nH]1. The standard InChI is InChI=1S/C24H30N2O4S/c1-22-7-5-15(27)11-14(22)3-4-16-17-6-8-24(30,23(17,2)12-18(28)20(16)22)19(29)13-31-21-25-9-10-26-21/h5,7,9-11,16-18,20,28,30H,3-4,6,8,12-13H2,1-2H3,(H,25,26)/t16?,17?,18?,20?,22?,23?,24-/m0/s1. The third kappa shape index (κ3) is 2.96. The lowest BCUT2D eigenvalue weighted by Gasteiger charge is -2.59. The van der Waals surface area contributed by atoms with Crippen molar-refractivity contribution in [2.24, 2.45) is 28.6 Å². The number of aromatic amines is 1. The summed E-state index contributed by atoms with van der Waals surface area (Å²) >= 11 is 1.31. The summed E-state index contributed by atoms with van der Waals surface area (Å²) in [6, 6.07) is 0. The molecule has 0 amide bonds. The fraction of sp³-hybridized carbons (Fsp3) is 0.625. The Bertz CT molecular complexity index is 972. The second kappa shape index (κ2) is 7.15. The van der Waals surface area contributed by atoms with Crippen LogP contribution in [0, 0.1) is 28.6 Å². The lowest BCUT2D eigenvalue weighted by atomic mass is 9.46. The normalized spacial score (nSPS) is 43.7. The van der Waals surface area contributed by atoms with Crippen molar-refractivity contribution in [1.29, 1.82) is 0 Å². The number of nitrogens with zero attached hydrogens (tertiary/aromatic N) is 1. The van der Waals surface area contributed by atoms with Crippen molar-refractivity contribution >= 4 is 23.3 Å². The molecule has 4 aliphatic rings. The van der Waals surface area contributed by atoms with Gasteiger partial charge < -0.3 is 15.2 Å². The first-order valence-corrected chi connectivity index (χ1v) is 12.2. The Balaban J connectivity index is 1.43. The van der Waals surface area contributed by atoms with Gasteiger partial charge in [-0.3, -0.25) is 9.59 Å². The number of aliphatic hydroxyl groups excluding tert-OH is 1. The van der Waals surface area contributed by atoms with Crippen LogP contribution in [0.2, 0.25) is 0 Å². The lowest BCUT2D eigenvalue weighted by Crippen LogP contribution is -2.61. The maximum absolute atomic E-state index is 13.3. The average molecular weight is 443 g/mol. The van der Waals surface area contributed by atoms with E-state index in [-0.39, 0.29) is 40.5 Å². The molecular weight excluding hydrogens is 412 g/mol. The number of nitrogens with one attached hydrogen (secondary N) is 1. The van der Waals surface area contributed by atoms with Gasteiger partial charge in [0, 0.05) is 29.1 Å². The largest absolute Gasteiger partial charge is 0.393 e. The molecule has 1 aromatic heterocycles. The van der Waals surface area contributed by atoms with E-state index in [4.69, 9.17) is 0 Å². The molecule has 6 unspecified atom stereocenters. The van der Waals surface area contributed by atoms with Crippen LogP contribution in [-0.2, 0) is 9.59 Å². The van der Waals surface area contributed by atoms with E-state index < -0.39 is 17.1 Å². The summed E-state index contributed by atoms with van der Waals surface area (Å²) < 4.78 is 0. The van der Waals surface area contributed by atoms with Gasteiger partial charge in [-0.25, -0.2) is 4.98 Å². The summed E-state index contributed by atoms with van der Waals surface area (Å²) in [7, 11) is 0. The van der Waals surface area contributed by atoms with Crippen molar-refractivity contribution in [1.82, 2.24) is 9.97 Å². The van der Waals surface area contributed by atoms with E-state index in [1.807, 2.05) is 13.0 Å². The first-order valence-electron chi connectivity index (χ1n) is 11.2. The fourth-order valence-electron chi connectivity index (χ4n) is 7.37. The van der Waals surface area contributed by atoms with Crippen LogP contribution in [0.25, 0.3) is 0 Å². The van der Waals surface area contributed by atoms with Crippen molar-refractivity contribution in [2.45, 2.75) is 62.8 Å². The molecule has 5 rings (SSSR count). The Hall–Kier alpha value is -1.70. The van der Waals surface area contributed by atoms with E-state index in [1.54, 1.807) is 24.5 Å². The molecule has 1 aromatic rings. The minimum atomic E-state index is -1.43. The molecule has 3 N–H and O–H groups in total. The quantitative estimate of drug-likeness (QED) is 0.619. The molecule has 3 saturated carbocycles. The van der Waals surface area contributed by atoms with Crippen molar-refractivity contribution in [3.63, 3.8) is 0 Å². The number of fused-ring (bicyclic) bond motifs is 5. The van der Waals surface area contributed by atoms with Gasteiger partial charge in [0.05, 0.1) is 11.9 Å². The number of allylic oxidation sites excluding steroid dienone is 4. The molecule has 0 spiro atoms. The summed E-state index contributed by atoms with van der Waals surface area (Å²) in [5.74, 6) is 0.406. The highest BCUT2D eigenvalue weighted by Crippen LogP contribution is 2.67. The van der Waals surface area contributed by atoms with Crippen LogP contribution in [0.5, 0.6) is 0 Å². The van der Waals surface area contributed by atoms with Crippen LogP contribution in [0.15, 0.2) is 41.4 Å². The highest BCUT2D eigenvalue weighted by Gasteiger charge is 2.67. The highest BCUT2D eigenvalue weighted by atomic mass is 32.2. The number of carbonyl (C=O) groups is 2. The van der Waals surface area contributed by atoms with Crippen LogP contribution in [0.1, 0.15) is 46.0 Å². The number of imidazole rings is 1. The molecule has 0 aliphatic heterocycles. The number of carbonyl (C=O) groups excluding carboxylic acids is 2. The Morgan fingerprint density at radius 2 is 2.16 bits per heavy atom. The molecule has 0 bridgehead atoms. The lowest BCUT2D eigenvalue weighted by molar-refractivity contribution is -0.174. The molecule has 31 heavy (non-hydrogen) atoms. The number of Topliss-reactive ketones (excluding diaryl/α,β-unsaturated/α-hetero) is 1. The average Bonchev–Trinajstić information content (AvgIpc) is 3.33. The molecule has 4 aliphatic carbocycles. The van der Waals surface area contributed by atoms with Crippen LogP contribution >= 0.6 is 11.8 Å². The summed E-state index contributed by atoms with van der Waals surface area (Å²) in [6.07, 6.45) is 11.4. The molecule has 3 fully saturated rings. The van der Waals surface area contributed by atoms with Gasteiger partial charge in [0.2, 0.25) is 0 Å². The van der Waals surface area contributed by atoms with E-state index in [9.17, 15) is 19.8 Å². The summed E-state index contributed by atoms with van der Waals surface area (Å²) in [6.45, 7) is 4.14. The zero-order valence-corrected chi connectivity index (χ0v) is 18.8. The summed E-state index contributed by atoms with van der Waals surface area (Å²) in [5, 5.41) is 23.8. The van der Waals surface area contributed by atoms with Crippen LogP contribution < -0.4 is 0 Å². The van der Waals surface area contributed by atoms with Gasteiger partial charge in [-0.15, -0.1) is 0 Å². The Labute approximate surface area is 186 Å². The number of aliphatic hydroxyl groups is 2. The van der Waals surface area contributed by atoms with Gasteiger partial charge in [0.1, 0.15) is 5.60 Å². The van der Waals surface area contributed by atoms with Gasteiger partial charge in [0.15, 0.2) is 16.7 Å². The van der Waals surface area contributed by atoms with Crippen molar-refractivity contribution in [3.8, 4) is 0 Å². The third-order valence-electron chi connectivity index (χ3n) is 8.92. The zero-order chi connectivity index (χ0) is 22.0. The fourth-order valence-corrected chi connectivity index (χ4v) is 8.16. The van der Waals surface area contributed by atoms with Gasteiger partial charge >= 0.3 is 0 Å². The van der Waals surface area contributed by atoms with E-state index >= 15 is 0 Å². The van der Waals surface area contributed by atoms with Gasteiger partial charge in [-0.2, -0.15) is 0 Å².